The van der Waals surface area contributed by atoms with Crippen molar-refractivity contribution < 1.29 is 14.2 Å². The largest absolute Gasteiger partial charge is 0.352 e. The molecule has 0 aromatic carbocycles. The lowest BCUT2D eigenvalue weighted by Crippen LogP contribution is -2.38. The predicted octanol–water partition coefficient (Wildman–Crippen LogP) is -0.444. The number of rotatable bonds is 5. The molecule has 0 saturated heterocycles. The topological polar surface area (TPSA) is 75.0 Å². The van der Waals surface area contributed by atoms with Gasteiger partial charge >= 0.3 is 0 Å². The predicted molar refractivity (Wildman–Crippen MR) is 66.2 cm³/mol. The van der Waals surface area contributed by atoms with Crippen LogP contribution in [0.25, 0.3) is 0 Å². The number of aryl methyl sites for hydroxylation is 1. The van der Waals surface area contributed by atoms with E-state index >= 15 is 0 Å². The van der Waals surface area contributed by atoms with E-state index in [0.717, 1.165) is 0 Å². The lowest BCUT2D eigenvalue weighted by Gasteiger charge is -2.06. The van der Waals surface area contributed by atoms with E-state index in [-0.39, 0.29) is 19.0 Å². The summed E-state index contributed by atoms with van der Waals surface area (Å²) in [6.45, 7) is 0.519. The number of nitrogens with one attached hydrogen (secondary N) is 2. The highest BCUT2D eigenvalue weighted by molar-refractivity contribution is 6.53. The van der Waals surface area contributed by atoms with Crippen molar-refractivity contribution in [2.75, 3.05) is 13.1 Å². The summed E-state index contributed by atoms with van der Waals surface area (Å²) in [6.07, 6.45) is 4.85. The van der Waals surface area contributed by atoms with Crippen LogP contribution in [-0.2, 0) is 11.8 Å². The molecule has 2 N–H and O–H groups in total. The quantitative estimate of drug-likeness (QED) is 0.439. The zero-order valence-electron chi connectivity index (χ0n) is 9.69. The number of alkyl halides is 2. The molecule has 8 heteroatoms. The molecule has 6 nitrogen and oxygen atoms in total. The molecule has 0 fully saturated rings. The number of amides is 2. The highest BCUT2D eigenvalue weighted by Crippen LogP contribution is 1.99. The summed E-state index contributed by atoms with van der Waals surface area (Å²) in [5, 5.41) is 5.06. The second kappa shape index (κ2) is 7.13. The van der Waals surface area contributed by atoms with Gasteiger partial charge < -0.3 is 10.6 Å². The van der Waals surface area contributed by atoms with Gasteiger partial charge in [0, 0.05) is 13.1 Å². The van der Waals surface area contributed by atoms with E-state index in [4.69, 9.17) is 23.2 Å². The Labute approximate surface area is 114 Å². The van der Waals surface area contributed by atoms with E-state index in [1.165, 1.54) is 6.20 Å². The first kappa shape index (κ1) is 14.7. The van der Waals surface area contributed by atoms with Crippen LogP contribution in [0.3, 0.4) is 0 Å². The van der Waals surface area contributed by atoms with Crippen molar-refractivity contribution in [2.45, 2.75) is 4.84 Å². The molecule has 0 unspecified atom stereocenters. The lowest BCUT2D eigenvalue weighted by molar-refractivity contribution is -0.672. The molecule has 18 heavy (non-hydrogen) atoms. The number of carbonyl (C=O) groups excluding carboxylic acids is 2. The molecule has 0 bridgehead atoms. The number of hydrogen-bond acceptors (Lipinski definition) is 3. The second-order valence-electron chi connectivity index (χ2n) is 3.45. The maximum atomic E-state index is 11.6. The summed E-state index contributed by atoms with van der Waals surface area (Å²) in [7, 11) is 1.79. The van der Waals surface area contributed by atoms with Gasteiger partial charge in [-0.2, -0.15) is 0 Å². The van der Waals surface area contributed by atoms with Crippen molar-refractivity contribution in [1.29, 1.82) is 0 Å². The Kier molecular flexibility index (Phi) is 5.80. The fourth-order valence-corrected chi connectivity index (χ4v) is 1.29. The minimum absolute atomic E-state index is 0.249. The molecular formula is C10H13Cl2N4O2+. The van der Waals surface area contributed by atoms with Gasteiger partial charge in [-0.3, -0.25) is 9.59 Å². The molecule has 0 saturated carbocycles. The Balaban J connectivity index is 2.32. The van der Waals surface area contributed by atoms with Crippen LogP contribution in [0.1, 0.15) is 10.5 Å². The fraction of sp³-hybridized carbons (Fsp3) is 0.400. The first-order valence-corrected chi connectivity index (χ1v) is 6.03. The summed E-state index contributed by atoms with van der Waals surface area (Å²) in [6, 6.07) is 0. The van der Waals surface area contributed by atoms with Crippen molar-refractivity contribution in [1.82, 2.24) is 15.6 Å². The van der Waals surface area contributed by atoms with E-state index in [9.17, 15) is 9.59 Å². The molecule has 1 aromatic rings. The summed E-state index contributed by atoms with van der Waals surface area (Å²) in [4.78, 5) is 25.4. The number of aromatic nitrogens is 2. The van der Waals surface area contributed by atoms with E-state index in [1.54, 1.807) is 24.0 Å². The lowest BCUT2D eigenvalue weighted by atomic mass is 10.4. The Bertz CT molecular complexity index is 440. The van der Waals surface area contributed by atoms with Gasteiger partial charge in [0.2, 0.25) is 0 Å². The molecule has 0 aliphatic carbocycles. The first-order valence-electron chi connectivity index (χ1n) is 5.16. The van der Waals surface area contributed by atoms with Crippen LogP contribution in [0.15, 0.2) is 18.6 Å². The fourth-order valence-electron chi connectivity index (χ4n) is 1.13. The Hall–Kier alpha value is -1.40. The normalized spacial score (nSPS) is 10.2. The van der Waals surface area contributed by atoms with E-state index in [2.05, 4.69) is 15.6 Å². The summed E-state index contributed by atoms with van der Waals surface area (Å²) < 4.78 is 1.72. The van der Waals surface area contributed by atoms with E-state index in [1.807, 2.05) is 0 Å². The zero-order chi connectivity index (χ0) is 13.5. The average molecular weight is 292 g/mol. The van der Waals surface area contributed by atoms with Crippen LogP contribution < -0.4 is 15.2 Å². The van der Waals surface area contributed by atoms with Crippen LogP contribution in [0, 0.1) is 0 Å². The number of carbonyl (C=O) groups is 2. The Morgan fingerprint density at radius 3 is 2.67 bits per heavy atom. The Morgan fingerprint density at radius 2 is 2.06 bits per heavy atom. The molecule has 0 atom stereocenters. The highest BCUT2D eigenvalue weighted by atomic mass is 35.5. The second-order valence-corrected chi connectivity index (χ2v) is 4.55. The molecule has 98 valence electrons. The maximum Gasteiger partial charge on any atom is 0.276 e. The molecule has 1 rings (SSSR count). The molecule has 0 spiro atoms. The van der Waals surface area contributed by atoms with Crippen LogP contribution in [0.5, 0.6) is 0 Å². The maximum absolute atomic E-state index is 11.6. The van der Waals surface area contributed by atoms with Crippen LogP contribution in [0.2, 0.25) is 0 Å². The summed E-state index contributed by atoms with van der Waals surface area (Å²) in [5.74, 6) is -0.800. The summed E-state index contributed by atoms with van der Waals surface area (Å²) in [5.41, 5.74) is 0.305. The van der Waals surface area contributed by atoms with Crippen molar-refractivity contribution in [3.05, 3.63) is 24.3 Å². The van der Waals surface area contributed by atoms with Gasteiger partial charge in [-0.25, -0.2) is 9.55 Å². The van der Waals surface area contributed by atoms with Gasteiger partial charge in [0.05, 0.1) is 6.20 Å². The monoisotopic (exact) mass is 291 g/mol. The standard InChI is InChI=1S/C10H12Cl2N4O2/c1-16-5-4-13-7(6-16)9(17)14-2-3-15-10(18)8(11)12/h4-6,8H,2-3H2,1H3,(H-,14,15,17,18)/p+1. The van der Waals surface area contributed by atoms with Crippen molar-refractivity contribution in [2.24, 2.45) is 7.05 Å². The van der Waals surface area contributed by atoms with E-state index in [0.29, 0.717) is 5.69 Å². The molecular weight excluding hydrogens is 279 g/mol. The highest BCUT2D eigenvalue weighted by Gasteiger charge is 2.12. The minimum atomic E-state index is -1.10. The molecule has 1 heterocycles. The van der Waals surface area contributed by atoms with Crippen molar-refractivity contribution in [3.8, 4) is 0 Å². The van der Waals surface area contributed by atoms with Crippen LogP contribution in [0.4, 0.5) is 0 Å². The van der Waals surface area contributed by atoms with Crippen molar-refractivity contribution in [3.63, 3.8) is 0 Å². The third kappa shape index (κ3) is 4.85. The molecule has 0 radical (unpaired) electrons. The van der Waals surface area contributed by atoms with Gasteiger partial charge in [0.1, 0.15) is 7.05 Å². The smallest absolute Gasteiger partial charge is 0.276 e. The van der Waals surface area contributed by atoms with Crippen LogP contribution in [-0.4, -0.2) is 34.7 Å². The van der Waals surface area contributed by atoms with Gasteiger partial charge in [-0.15, -0.1) is 0 Å². The Morgan fingerprint density at radius 1 is 1.39 bits per heavy atom. The molecule has 0 aliphatic rings. The minimum Gasteiger partial charge on any atom is -0.352 e. The molecule has 1 aromatic heterocycles. The van der Waals surface area contributed by atoms with Crippen molar-refractivity contribution >= 4 is 35.0 Å². The number of halogens is 2. The van der Waals surface area contributed by atoms with Gasteiger partial charge in [0.25, 0.3) is 11.8 Å². The number of nitrogens with zero attached hydrogens (tertiary/aromatic N) is 2. The van der Waals surface area contributed by atoms with Crippen LogP contribution >= 0.6 is 23.2 Å². The summed E-state index contributed by atoms with van der Waals surface area (Å²) >= 11 is 10.7. The van der Waals surface area contributed by atoms with Gasteiger partial charge in [0.15, 0.2) is 22.9 Å². The zero-order valence-corrected chi connectivity index (χ0v) is 11.2. The third-order valence-corrected chi connectivity index (χ3v) is 2.38. The molecule has 0 aliphatic heterocycles. The third-order valence-electron chi connectivity index (χ3n) is 1.98. The van der Waals surface area contributed by atoms with Gasteiger partial charge in [-0.1, -0.05) is 23.2 Å². The van der Waals surface area contributed by atoms with Gasteiger partial charge in [-0.05, 0) is 0 Å². The molecule has 2 amide bonds. The SMILES string of the molecule is C[n+]1ccnc(C(=O)NCCNC(=O)C(Cl)Cl)c1. The average Bonchev–Trinajstić information content (AvgIpc) is 2.33. The first-order chi connectivity index (χ1) is 8.50. The van der Waals surface area contributed by atoms with E-state index < -0.39 is 10.7 Å². The number of hydrogen-bond donors (Lipinski definition) is 2.